The fraction of sp³-hybridized carbons (Fsp3) is 0.316. The molecule has 2 aliphatic carbocycles. The lowest BCUT2D eigenvalue weighted by Gasteiger charge is -2.49. The molecule has 0 radical (unpaired) electrons. The molecule has 3 fully saturated rings. The standard InChI is InChI=1S/C38H34BrCl2N5O6/c1-44(2)24-10-6-22(7-11-24)42-43-23-8-12-25(13-9-23)46-33(48)27-15-14-26-28(32(27)34(46)49)19-37(40)35(50)45(20-39)36(51)38(37,41)29(26)16-4-21-5-17-30(47)31(18-21)52-3/h4-14,16-18,27-29,32,47H,15,19-20H2,1-3H3/t27-,28+,29-,32-,37+,38-/m0/s1. The van der Waals surface area contributed by atoms with Crippen LogP contribution in [0.3, 0.4) is 0 Å². The van der Waals surface area contributed by atoms with Crippen molar-refractivity contribution >= 4 is 91.6 Å². The van der Waals surface area contributed by atoms with E-state index in [1.54, 1.807) is 48.6 Å². The summed E-state index contributed by atoms with van der Waals surface area (Å²) >= 11 is 17.8. The summed E-state index contributed by atoms with van der Waals surface area (Å²) in [6.45, 7) is 0. The Bertz CT molecular complexity index is 2070. The van der Waals surface area contributed by atoms with E-state index in [9.17, 15) is 24.3 Å². The summed E-state index contributed by atoms with van der Waals surface area (Å²) in [5.74, 6) is -4.98. The second kappa shape index (κ2) is 13.5. The van der Waals surface area contributed by atoms with Crippen LogP contribution in [0, 0.1) is 23.7 Å². The third-order valence-electron chi connectivity index (χ3n) is 10.5. The number of alkyl halides is 3. The van der Waals surface area contributed by atoms with Crippen LogP contribution in [0.5, 0.6) is 11.5 Å². The highest BCUT2D eigenvalue weighted by Crippen LogP contribution is 2.63. The fourth-order valence-electron chi connectivity index (χ4n) is 7.86. The molecule has 1 saturated carbocycles. The Hall–Kier alpha value is -4.52. The number of fused-ring (bicyclic) bond motifs is 4. The monoisotopic (exact) mass is 805 g/mol. The maximum absolute atomic E-state index is 14.3. The van der Waals surface area contributed by atoms with Gasteiger partial charge in [-0.3, -0.25) is 29.0 Å². The number of allylic oxidation sites excluding steroid dienone is 3. The number of rotatable bonds is 8. The van der Waals surface area contributed by atoms with Gasteiger partial charge in [0.05, 0.1) is 41.5 Å². The molecule has 52 heavy (non-hydrogen) atoms. The molecule has 7 rings (SSSR count). The van der Waals surface area contributed by atoms with Crippen molar-refractivity contribution in [3.8, 4) is 11.5 Å². The Kier molecular flexibility index (Phi) is 9.29. The molecule has 4 aliphatic rings. The summed E-state index contributed by atoms with van der Waals surface area (Å²) in [5, 5.41) is 18.7. The van der Waals surface area contributed by atoms with E-state index in [0.29, 0.717) is 28.2 Å². The SMILES string of the molecule is COc1cc(C=C[C@H]2C3=CC[C@@H]4C(=O)N(c5ccc(N=Nc6ccc(N(C)C)cc6)cc5)C(=O)[C@@H]4[C@@H]3C[C@@]3(Cl)C(=O)N(CBr)C(=O)[C@@]23Cl)ccc1O. The van der Waals surface area contributed by atoms with Gasteiger partial charge in [-0.15, -0.1) is 23.2 Å². The number of hydrogen-bond acceptors (Lipinski definition) is 9. The van der Waals surface area contributed by atoms with Gasteiger partial charge in [0.25, 0.3) is 11.8 Å². The molecule has 14 heteroatoms. The Balaban J connectivity index is 1.20. The van der Waals surface area contributed by atoms with Gasteiger partial charge in [0.2, 0.25) is 11.8 Å². The first kappa shape index (κ1) is 35.9. The van der Waals surface area contributed by atoms with Crippen LogP contribution in [-0.4, -0.2) is 70.0 Å². The Morgan fingerprint density at radius 1 is 0.942 bits per heavy atom. The first-order chi connectivity index (χ1) is 24.8. The number of carbonyl (C=O) groups excluding carboxylic acids is 4. The van der Waals surface area contributed by atoms with Crippen LogP contribution in [-0.2, 0) is 19.2 Å². The second-order valence-corrected chi connectivity index (χ2v) is 15.2. The molecule has 11 nitrogen and oxygen atoms in total. The number of phenols is 1. The van der Waals surface area contributed by atoms with E-state index in [1.807, 2.05) is 49.3 Å². The molecule has 0 unspecified atom stereocenters. The average Bonchev–Trinajstić information content (AvgIpc) is 3.48. The Morgan fingerprint density at radius 3 is 2.21 bits per heavy atom. The van der Waals surface area contributed by atoms with E-state index < -0.39 is 51.1 Å². The van der Waals surface area contributed by atoms with Crippen molar-refractivity contribution in [1.82, 2.24) is 4.90 Å². The molecule has 2 saturated heterocycles. The molecule has 1 N–H and O–H groups in total. The number of aromatic hydroxyl groups is 1. The number of nitrogens with zero attached hydrogens (tertiary/aromatic N) is 5. The quantitative estimate of drug-likeness (QED) is 0.0829. The minimum absolute atomic E-state index is 0.0458. The zero-order valence-corrected chi connectivity index (χ0v) is 31.5. The highest BCUT2D eigenvalue weighted by atomic mass is 79.9. The molecule has 4 amide bonds. The first-order valence-corrected chi connectivity index (χ1v) is 18.4. The number of amides is 4. The van der Waals surface area contributed by atoms with Crippen LogP contribution in [0.25, 0.3) is 6.08 Å². The third kappa shape index (κ3) is 5.54. The number of benzene rings is 3. The van der Waals surface area contributed by atoms with Gasteiger partial charge >= 0.3 is 0 Å². The summed E-state index contributed by atoms with van der Waals surface area (Å²) in [5.41, 5.74) is 3.83. The number of ether oxygens (including phenoxy) is 1. The van der Waals surface area contributed by atoms with Gasteiger partial charge in [0, 0.05) is 25.7 Å². The highest BCUT2D eigenvalue weighted by molar-refractivity contribution is 9.09. The maximum Gasteiger partial charge on any atom is 0.254 e. The van der Waals surface area contributed by atoms with Crippen molar-refractivity contribution in [3.63, 3.8) is 0 Å². The predicted octanol–water partition coefficient (Wildman–Crippen LogP) is 7.34. The van der Waals surface area contributed by atoms with Crippen molar-refractivity contribution in [1.29, 1.82) is 0 Å². The van der Waals surface area contributed by atoms with Gasteiger partial charge in [-0.25, -0.2) is 0 Å². The summed E-state index contributed by atoms with van der Waals surface area (Å²) in [7, 11) is 5.34. The topological polar surface area (TPSA) is 132 Å². The second-order valence-electron chi connectivity index (χ2n) is 13.5. The number of halogens is 3. The normalized spacial score (nSPS) is 28.4. The van der Waals surface area contributed by atoms with Crippen molar-refractivity contribution < 1.29 is 29.0 Å². The van der Waals surface area contributed by atoms with E-state index in [1.165, 1.54) is 18.1 Å². The van der Waals surface area contributed by atoms with Crippen molar-refractivity contribution in [2.75, 3.05) is 36.5 Å². The van der Waals surface area contributed by atoms with Crippen molar-refractivity contribution in [3.05, 3.63) is 90.0 Å². The lowest BCUT2D eigenvalue weighted by atomic mass is 9.57. The number of azo groups is 1. The molecule has 6 atom stereocenters. The molecule has 0 bridgehead atoms. The minimum atomic E-state index is -1.91. The predicted molar refractivity (Wildman–Crippen MR) is 202 cm³/mol. The minimum Gasteiger partial charge on any atom is -0.504 e. The molecular weight excluding hydrogens is 773 g/mol. The summed E-state index contributed by atoms with van der Waals surface area (Å²) in [6.07, 6.45) is 5.42. The molecule has 3 aromatic rings. The molecule has 3 aromatic carbocycles. The van der Waals surface area contributed by atoms with Gasteiger partial charge in [0.15, 0.2) is 21.2 Å². The number of methoxy groups -OCH3 is 1. The highest BCUT2D eigenvalue weighted by Gasteiger charge is 2.75. The summed E-state index contributed by atoms with van der Waals surface area (Å²) in [6, 6.07) is 19.0. The zero-order chi connectivity index (χ0) is 37.1. The third-order valence-corrected chi connectivity index (χ3v) is 12.4. The van der Waals surface area contributed by atoms with Gasteiger partial charge in [0.1, 0.15) is 0 Å². The lowest BCUT2D eigenvalue weighted by molar-refractivity contribution is -0.138. The fourth-order valence-corrected chi connectivity index (χ4v) is 9.24. The van der Waals surface area contributed by atoms with E-state index in [2.05, 4.69) is 26.2 Å². The van der Waals surface area contributed by atoms with Crippen molar-refractivity contribution in [2.24, 2.45) is 33.9 Å². The molecule has 0 spiro atoms. The maximum atomic E-state index is 14.3. The smallest absolute Gasteiger partial charge is 0.254 e. The van der Waals surface area contributed by atoms with E-state index in [4.69, 9.17) is 27.9 Å². The lowest BCUT2D eigenvalue weighted by Crippen LogP contribution is -2.60. The van der Waals surface area contributed by atoms with Gasteiger partial charge < -0.3 is 14.7 Å². The summed E-state index contributed by atoms with van der Waals surface area (Å²) in [4.78, 5) is 56.4. The number of likely N-dealkylation sites (tertiary alicyclic amines) is 1. The van der Waals surface area contributed by atoms with E-state index >= 15 is 0 Å². The largest absolute Gasteiger partial charge is 0.504 e. The molecular formula is C38H34BrCl2N5O6. The first-order valence-electron chi connectivity index (χ1n) is 16.6. The van der Waals surface area contributed by atoms with E-state index in [0.717, 1.165) is 10.6 Å². The number of hydrogen-bond donors (Lipinski definition) is 1. The molecule has 268 valence electrons. The Labute approximate surface area is 318 Å². The van der Waals surface area contributed by atoms with Crippen LogP contribution >= 0.6 is 39.1 Å². The number of carbonyl (C=O) groups is 4. The van der Waals surface area contributed by atoms with Crippen LogP contribution in [0.1, 0.15) is 18.4 Å². The van der Waals surface area contributed by atoms with Gasteiger partial charge in [-0.1, -0.05) is 45.8 Å². The van der Waals surface area contributed by atoms with Gasteiger partial charge in [-0.05, 0) is 85.0 Å². The van der Waals surface area contributed by atoms with E-state index in [-0.39, 0.29) is 35.7 Å². The molecule has 2 aliphatic heterocycles. The number of imide groups is 2. The summed E-state index contributed by atoms with van der Waals surface area (Å²) < 4.78 is 5.25. The Morgan fingerprint density at radius 2 is 1.60 bits per heavy atom. The van der Waals surface area contributed by atoms with Gasteiger partial charge in [-0.2, -0.15) is 10.2 Å². The van der Waals surface area contributed by atoms with Crippen LogP contribution in [0.15, 0.2) is 94.7 Å². The number of phenolic OH excluding ortho intramolecular Hbond substituents is 1. The van der Waals surface area contributed by atoms with Crippen molar-refractivity contribution in [2.45, 2.75) is 22.6 Å². The molecule has 2 heterocycles. The average molecular weight is 808 g/mol. The zero-order valence-electron chi connectivity index (χ0n) is 28.4. The molecule has 0 aromatic heterocycles. The van der Waals surface area contributed by atoms with Crippen LogP contribution in [0.4, 0.5) is 22.7 Å². The van der Waals surface area contributed by atoms with Crippen LogP contribution in [0.2, 0.25) is 0 Å². The number of anilines is 2. The van der Waals surface area contributed by atoms with Crippen LogP contribution < -0.4 is 14.5 Å².